The van der Waals surface area contributed by atoms with Crippen LogP contribution < -0.4 is 5.32 Å². The van der Waals surface area contributed by atoms with E-state index < -0.39 is 10.0 Å². The third-order valence-corrected chi connectivity index (χ3v) is 6.64. The number of hydrogen-bond donors (Lipinski definition) is 1. The van der Waals surface area contributed by atoms with Crippen molar-refractivity contribution in [3.63, 3.8) is 0 Å². The number of halogens is 1. The van der Waals surface area contributed by atoms with Crippen LogP contribution in [0.15, 0.2) is 23.1 Å². The fourth-order valence-electron chi connectivity index (χ4n) is 2.79. The standard InChI is InChI=1S/C14H20ClN3O2S/c1-11-2-3-14(13(15)8-11)21(19,20)18-6-4-17(5-7-18)12-9-16-10-12/h2-3,8,12,16H,4-7,9-10H2,1H3. The number of nitrogens with one attached hydrogen (secondary N) is 1. The van der Waals surface area contributed by atoms with E-state index in [2.05, 4.69) is 10.2 Å². The van der Waals surface area contributed by atoms with Crippen molar-refractivity contribution in [2.45, 2.75) is 17.9 Å². The van der Waals surface area contributed by atoms with Crippen LogP contribution in [0.25, 0.3) is 0 Å². The first kappa shape index (κ1) is 15.2. The molecule has 2 aliphatic rings. The number of benzene rings is 1. The first-order valence-corrected chi connectivity index (χ1v) is 9.01. The Bertz CT molecular complexity index is 623. The number of sulfonamides is 1. The summed E-state index contributed by atoms with van der Waals surface area (Å²) in [6.07, 6.45) is 0. The molecule has 116 valence electrons. The third kappa shape index (κ3) is 2.96. The van der Waals surface area contributed by atoms with Gasteiger partial charge in [-0.2, -0.15) is 4.31 Å². The number of piperazine rings is 1. The fourth-order valence-corrected chi connectivity index (χ4v) is 4.79. The molecule has 3 rings (SSSR count). The molecule has 2 fully saturated rings. The second-order valence-electron chi connectivity index (χ2n) is 5.69. The van der Waals surface area contributed by atoms with E-state index in [1.165, 1.54) is 0 Å². The van der Waals surface area contributed by atoms with Crippen LogP contribution in [-0.4, -0.2) is 62.9 Å². The molecule has 1 aromatic rings. The van der Waals surface area contributed by atoms with Gasteiger partial charge >= 0.3 is 0 Å². The molecular weight excluding hydrogens is 310 g/mol. The van der Waals surface area contributed by atoms with Gasteiger partial charge < -0.3 is 5.32 Å². The second-order valence-corrected chi connectivity index (χ2v) is 8.00. The van der Waals surface area contributed by atoms with Gasteiger partial charge in [-0.1, -0.05) is 17.7 Å². The van der Waals surface area contributed by atoms with Gasteiger partial charge in [-0.05, 0) is 24.6 Å². The average molecular weight is 330 g/mol. The Morgan fingerprint density at radius 1 is 1.19 bits per heavy atom. The Labute approximate surface area is 130 Å². The minimum atomic E-state index is -3.49. The van der Waals surface area contributed by atoms with E-state index in [0.717, 1.165) is 31.7 Å². The van der Waals surface area contributed by atoms with Crippen LogP contribution in [0.4, 0.5) is 0 Å². The van der Waals surface area contributed by atoms with Crippen molar-refractivity contribution >= 4 is 21.6 Å². The van der Waals surface area contributed by atoms with Gasteiger partial charge in [-0.25, -0.2) is 8.42 Å². The van der Waals surface area contributed by atoms with Crippen LogP contribution in [0.3, 0.4) is 0 Å². The van der Waals surface area contributed by atoms with E-state index in [9.17, 15) is 8.42 Å². The van der Waals surface area contributed by atoms with E-state index in [4.69, 9.17) is 11.6 Å². The molecule has 0 atom stereocenters. The molecule has 0 radical (unpaired) electrons. The maximum atomic E-state index is 12.7. The lowest BCUT2D eigenvalue weighted by Crippen LogP contribution is -2.62. The van der Waals surface area contributed by atoms with Gasteiger partial charge in [0.2, 0.25) is 10.0 Å². The smallest absolute Gasteiger partial charge is 0.244 e. The molecular formula is C14H20ClN3O2S. The Kier molecular flexibility index (Phi) is 4.25. The zero-order valence-electron chi connectivity index (χ0n) is 12.0. The van der Waals surface area contributed by atoms with Crippen molar-refractivity contribution in [2.24, 2.45) is 0 Å². The number of hydrogen-bond acceptors (Lipinski definition) is 4. The van der Waals surface area contributed by atoms with Gasteiger partial charge in [0.05, 0.1) is 5.02 Å². The molecule has 21 heavy (non-hydrogen) atoms. The minimum Gasteiger partial charge on any atom is -0.314 e. The predicted molar refractivity (Wildman–Crippen MR) is 83.2 cm³/mol. The van der Waals surface area contributed by atoms with Crippen LogP contribution >= 0.6 is 11.6 Å². The molecule has 1 N–H and O–H groups in total. The maximum absolute atomic E-state index is 12.7. The topological polar surface area (TPSA) is 52.7 Å². The summed E-state index contributed by atoms with van der Waals surface area (Å²) in [5.74, 6) is 0. The lowest BCUT2D eigenvalue weighted by molar-refractivity contribution is 0.103. The van der Waals surface area contributed by atoms with E-state index in [1.807, 2.05) is 6.92 Å². The molecule has 1 aromatic carbocycles. The molecule has 0 unspecified atom stereocenters. The quantitative estimate of drug-likeness (QED) is 0.896. The van der Waals surface area contributed by atoms with Gasteiger partial charge in [0.15, 0.2) is 0 Å². The highest BCUT2D eigenvalue weighted by Gasteiger charge is 2.33. The largest absolute Gasteiger partial charge is 0.314 e. The summed E-state index contributed by atoms with van der Waals surface area (Å²) in [6, 6.07) is 5.66. The van der Waals surface area contributed by atoms with Crippen LogP contribution in [0.2, 0.25) is 5.02 Å². The van der Waals surface area contributed by atoms with Crippen LogP contribution in [0.1, 0.15) is 5.56 Å². The molecule has 0 spiro atoms. The van der Waals surface area contributed by atoms with Gasteiger partial charge in [0, 0.05) is 45.3 Å². The molecule has 2 saturated heterocycles. The zero-order chi connectivity index (χ0) is 15.0. The zero-order valence-corrected chi connectivity index (χ0v) is 13.6. The number of aryl methyl sites for hydroxylation is 1. The van der Waals surface area contributed by atoms with Crippen LogP contribution in [0.5, 0.6) is 0 Å². The van der Waals surface area contributed by atoms with E-state index in [0.29, 0.717) is 24.2 Å². The van der Waals surface area contributed by atoms with Gasteiger partial charge in [-0.3, -0.25) is 4.90 Å². The molecule has 2 heterocycles. The number of rotatable bonds is 3. The Hall–Kier alpha value is -0.660. The van der Waals surface area contributed by atoms with Crippen molar-refractivity contribution in [1.29, 1.82) is 0 Å². The summed E-state index contributed by atoms with van der Waals surface area (Å²) in [6.45, 7) is 6.55. The summed E-state index contributed by atoms with van der Waals surface area (Å²) >= 11 is 6.12. The lowest BCUT2D eigenvalue weighted by Gasteiger charge is -2.42. The van der Waals surface area contributed by atoms with Crippen molar-refractivity contribution < 1.29 is 8.42 Å². The number of nitrogens with zero attached hydrogens (tertiary/aromatic N) is 2. The first-order chi connectivity index (χ1) is 9.98. The van der Waals surface area contributed by atoms with Gasteiger partial charge in [0.25, 0.3) is 0 Å². The highest BCUT2D eigenvalue weighted by Crippen LogP contribution is 2.26. The van der Waals surface area contributed by atoms with Crippen molar-refractivity contribution in [1.82, 2.24) is 14.5 Å². The summed E-state index contributed by atoms with van der Waals surface area (Å²) in [7, 11) is -3.49. The second kappa shape index (κ2) is 5.85. The molecule has 0 saturated carbocycles. The Balaban J connectivity index is 1.73. The highest BCUT2D eigenvalue weighted by molar-refractivity contribution is 7.89. The Morgan fingerprint density at radius 2 is 1.86 bits per heavy atom. The highest BCUT2D eigenvalue weighted by atomic mass is 35.5. The van der Waals surface area contributed by atoms with Crippen molar-refractivity contribution in [3.8, 4) is 0 Å². The average Bonchev–Trinajstić information content (AvgIpc) is 2.37. The molecule has 0 aliphatic carbocycles. The molecule has 0 bridgehead atoms. The summed E-state index contributed by atoms with van der Waals surface area (Å²) in [5, 5.41) is 3.55. The molecule has 0 amide bonds. The third-order valence-electron chi connectivity index (χ3n) is 4.25. The van der Waals surface area contributed by atoms with E-state index in [1.54, 1.807) is 22.5 Å². The molecule has 7 heteroatoms. The normalized spacial score (nSPS) is 22.2. The first-order valence-electron chi connectivity index (χ1n) is 7.19. The Morgan fingerprint density at radius 3 is 2.38 bits per heavy atom. The van der Waals surface area contributed by atoms with Gasteiger partial charge in [-0.15, -0.1) is 0 Å². The van der Waals surface area contributed by atoms with Crippen LogP contribution in [0, 0.1) is 6.92 Å². The van der Waals surface area contributed by atoms with E-state index >= 15 is 0 Å². The predicted octanol–water partition coefficient (Wildman–Crippen LogP) is 0.927. The van der Waals surface area contributed by atoms with Crippen molar-refractivity contribution in [3.05, 3.63) is 28.8 Å². The molecule has 0 aromatic heterocycles. The minimum absolute atomic E-state index is 0.216. The van der Waals surface area contributed by atoms with Crippen LogP contribution in [-0.2, 0) is 10.0 Å². The summed E-state index contributed by atoms with van der Waals surface area (Å²) < 4.78 is 26.9. The fraction of sp³-hybridized carbons (Fsp3) is 0.571. The summed E-state index contributed by atoms with van der Waals surface area (Å²) in [4.78, 5) is 2.58. The molecule has 2 aliphatic heterocycles. The molecule has 5 nitrogen and oxygen atoms in total. The van der Waals surface area contributed by atoms with Crippen molar-refractivity contribution in [2.75, 3.05) is 39.3 Å². The summed E-state index contributed by atoms with van der Waals surface area (Å²) in [5.41, 5.74) is 0.959. The monoisotopic (exact) mass is 329 g/mol. The maximum Gasteiger partial charge on any atom is 0.244 e. The lowest BCUT2D eigenvalue weighted by atomic mass is 10.1. The van der Waals surface area contributed by atoms with Gasteiger partial charge in [0.1, 0.15) is 4.90 Å². The SMILES string of the molecule is Cc1ccc(S(=O)(=O)N2CCN(C3CNC3)CC2)c(Cl)c1. The van der Waals surface area contributed by atoms with E-state index in [-0.39, 0.29) is 4.90 Å².